The molecule has 4 nitrogen and oxygen atoms in total. The van der Waals surface area contributed by atoms with E-state index < -0.39 is 11.8 Å². The van der Waals surface area contributed by atoms with Crippen LogP contribution in [0.3, 0.4) is 0 Å². The van der Waals surface area contributed by atoms with Gasteiger partial charge in [0.15, 0.2) is 0 Å². The summed E-state index contributed by atoms with van der Waals surface area (Å²) in [7, 11) is 0. The van der Waals surface area contributed by atoms with Crippen LogP contribution in [0.25, 0.3) is 11.1 Å². The highest BCUT2D eigenvalue weighted by Gasteiger charge is 2.25. The molecule has 1 aliphatic heterocycles. The number of piperidine rings is 1. The van der Waals surface area contributed by atoms with Crippen molar-refractivity contribution in [1.82, 2.24) is 4.90 Å². The number of nitrogens with zero attached hydrogens (tertiary/aromatic N) is 1. The predicted molar refractivity (Wildman–Crippen MR) is 102 cm³/mol. The van der Waals surface area contributed by atoms with E-state index in [0.717, 1.165) is 12.8 Å². The van der Waals surface area contributed by atoms with Gasteiger partial charge in [0, 0.05) is 30.6 Å². The molecule has 3 rings (SSSR count). The summed E-state index contributed by atoms with van der Waals surface area (Å²) >= 11 is 0. The second-order valence-electron chi connectivity index (χ2n) is 7.35. The number of amides is 1. The molecule has 0 saturated carbocycles. The average Bonchev–Trinajstić information content (AvgIpc) is 2.66. The zero-order valence-electron chi connectivity index (χ0n) is 15.8. The zero-order chi connectivity index (χ0) is 20.3. The molecule has 1 unspecified atom stereocenters. The predicted octanol–water partition coefficient (Wildman–Crippen LogP) is 4.66. The van der Waals surface area contributed by atoms with Gasteiger partial charge in [-0.1, -0.05) is 12.1 Å². The Hall–Kier alpha value is -2.76. The molecule has 1 heterocycles. The summed E-state index contributed by atoms with van der Waals surface area (Å²) in [4.78, 5) is 25.2. The van der Waals surface area contributed by atoms with Gasteiger partial charge in [0.05, 0.1) is 0 Å². The first kappa shape index (κ1) is 20.0. The maximum atomic E-state index is 14.7. The zero-order valence-corrected chi connectivity index (χ0v) is 15.8. The number of aliphatic carboxylic acids is 1. The topological polar surface area (TPSA) is 57.6 Å². The van der Waals surface area contributed by atoms with Gasteiger partial charge in [0.25, 0.3) is 5.91 Å². The molecule has 0 radical (unpaired) electrons. The van der Waals surface area contributed by atoms with Crippen LogP contribution in [-0.4, -0.2) is 35.0 Å². The number of carboxylic acid groups (broad SMARTS) is 1. The Bertz CT molecular complexity index is 897. The highest BCUT2D eigenvalue weighted by molar-refractivity contribution is 5.95. The minimum Gasteiger partial charge on any atom is -0.481 e. The molecule has 1 aliphatic rings. The van der Waals surface area contributed by atoms with E-state index >= 15 is 0 Å². The molecule has 148 valence electrons. The lowest BCUT2D eigenvalue weighted by Crippen LogP contribution is -2.40. The molecule has 0 aromatic heterocycles. The first-order valence-corrected chi connectivity index (χ1v) is 9.42. The van der Waals surface area contributed by atoms with E-state index in [0.29, 0.717) is 36.2 Å². The second kappa shape index (κ2) is 8.50. The standard InChI is InChI=1S/C22H23F2NO3/c1-14-11-17(23)6-8-18(14)19-7-5-16(12-20(19)24)22(28)25-10-2-3-15(13-25)4-9-21(26)27/h5-8,11-12,15H,2-4,9-10,13H2,1H3,(H,26,27). The van der Waals surface area contributed by atoms with E-state index in [1.165, 1.54) is 24.3 Å². The summed E-state index contributed by atoms with van der Waals surface area (Å²) < 4.78 is 28.0. The summed E-state index contributed by atoms with van der Waals surface area (Å²) in [5, 5.41) is 8.84. The molecule has 0 bridgehead atoms. The van der Waals surface area contributed by atoms with Crippen molar-refractivity contribution >= 4 is 11.9 Å². The molecule has 0 spiro atoms. The van der Waals surface area contributed by atoms with Crippen molar-refractivity contribution in [3.63, 3.8) is 0 Å². The van der Waals surface area contributed by atoms with Crippen LogP contribution in [0.4, 0.5) is 8.78 Å². The van der Waals surface area contributed by atoms with Crippen molar-refractivity contribution in [2.75, 3.05) is 13.1 Å². The summed E-state index contributed by atoms with van der Waals surface area (Å²) in [6.07, 6.45) is 2.34. The first-order chi connectivity index (χ1) is 13.3. The van der Waals surface area contributed by atoms with Crippen LogP contribution in [0, 0.1) is 24.5 Å². The van der Waals surface area contributed by atoms with E-state index in [1.54, 1.807) is 24.0 Å². The Labute approximate surface area is 162 Å². The normalized spacial score (nSPS) is 16.8. The summed E-state index contributed by atoms with van der Waals surface area (Å²) in [5.41, 5.74) is 1.80. The SMILES string of the molecule is Cc1cc(F)ccc1-c1ccc(C(=O)N2CCCC(CCC(=O)O)C2)cc1F. The highest BCUT2D eigenvalue weighted by atomic mass is 19.1. The number of carbonyl (C=O) groups excluding carboxylic acids is 1. The number of hydrogen-bond acceptors (Lipinski definition) is 2. The smallest absolute Gasteiger partial charge is 0.303 e. The number of carbonyl (C=O) groups is 2. The van der Waals surface area contributed by atoms with Gasteiger partial charge in [0.2, 0.25) is 0 Å². The van der Waals surface area contributed by atoms with Gasteiger partial charge >= 0.3 is 5.97 Å². The van der Waals surface area contributed by atoms with E-state index in [4.69, 9.17) is 5.11 Å². The average molecular weight is 387 g/mol. The van der Waals surface area contributed by atoms with E-state index in [9.17, 15) is 18.4 Å². The molecule has 6 heteroatoms. The minimum absolute atomic E-state index is 0.0903. The molecular weight excluding hydrogens is 364 g/mol. The lowest BCUT2D eigenvalue weighted by atomic mass is 9.92. The van der Waals surface area contributed by atoms with Gasteiger partial charge < -0.3 is 10.0 Å². The van der Waals surface area contributed by atoms with Crippen LogP contribution in [0.5, 0.6) is 0 Å². The Balaban J connectivity index is 1.75. The number of rotatable bonds is 5. The number of benzene rings is 2. The van der Waals surface area contributed by atoms with Crippen LogP contribution >= 0.6 is 0 Å². The molecular formula is C22H23F2NO3. The number of likely N-dealkylation sites (tertiary alicyclic amines) is 1. The summed E-state index contributed by atoms with van der Waals surface area (Å²) in [5.74, 6) is -1.84. The number of hydrogen-bond donors (Lipinski definition) is 1. The van der Waals surface area contributed by atoms with Gasteiger partial charge in [-0.05, 0) is 67.5 Å². The Morgan fingerprint density at radius 2 is 1.89 bits per heavy atom. The Morgan fingerprint density at radius 3 is 2.57 bits per heavy atom. The van der Waals surface area contributed by atoms with E-state index in [2.05, 4.69) is 0 Å². The summed E-state index contributed by atoms with van der Waals surface area (Å²) in [6, 6.07) is 8.52. The van der Waals surface area contributed by atoms with Crippen LogP contribution in [0.15, 0.2) is 36.4 Å². The fraction of sp³-hybridized carbons (Fsp3) is 0.364. The highest BCUT2D eigenvalue weighted by Crippen LogP contribution is 2.28. The number of halogens is 2. The number of carboxylic acids is 1. The lowest BCUT2D eigenvalue weighted by molar-refractivity contribution is -0.137. The summed E-state index contributed by atoms with van der Waals surface area (Å²) in [6.45, 7) is 2.79. The Morgan fingerprint density at radius 1 is 1.14 bits per heavy atom. The monoisotopic (exact) mass is 387 g/mol. The van der Waals surface area contributed by atoms with Crippen LogP contribution < -0.4 is 0 Å². The molecule has 1 atom stereocenters. The fourth-order valence-electron chi connectivity index (χ4n) is 3.79. The maximum absolute atomic E-state index is 14.7. The second-order valence-corrected chi connectivity index (χ2v) is 7.35. The molecule has 1 amide bonds. The lowest BCUT2D eigenvalue weighted by Gasteiger charge is -2.32. The minimum atomic E-state index is -0.836. The van der Waals surface area contributed by atoms with Gasteiger partial charge in [0.1, 0.15) is 11.6 Å². The molecule has 1 saturated heterocycles. The van der Waals surface area contributed by atoms with Crippen molar-refractivity contribution in [2.24, 2.45) is 5.92 Å². The molecule has 28 heavy (non-hydrogen) atoms. The van der Waals surface area contributed by atoms with Crippen LogP contribution in [0.2, 0.25) is 0 Å². The third-order valence-electron chi connectivity index (χ3n) is 5.27. The number of aryl methyl sites for hydroxylation is 1. The molecule has 0 aliphatic carbocycles. The largest absolute Gasteiger partial charge is 0.481 e. The molecule has 2 aromatic rings. The van der Waals surface area contributed by atoms with Gasteiger partial charge in [-0.25, -0.2) is 8.78 Å². The van der Waals surface area contributed by atoms with E-state index in [-0.39, 0.29) is 29.6 Å². The van der Waals surface area contributed by atoms with Crippen molar-refractivity contribution in [3.05, 3.63) is 59.2 Å². The van der Waals surface area contributed by atoms with Crippen molar-refractivity contribution in [1.29, 1.82) is 0 Å². The molecule has 1 N–H and O–H groups in total. The third-order valence-corrected chi connectivity index (χ3v) is 5.27. The molecule has 1 fully saturated rings. The van der Waals surface area contributed by atoms with Crippen molar-refractivity contribution in [3.8, 4) is 11.1 Å². The third kappa shape index (κ3) is 4.55. The van der Waals surface area contributed by atoms with Crippen molar-refractivity contribution < 1.29 is 23.5 Å². The van der Waals surface area contributed by atoms with Crippen molar-refractivity contribution in [2.45, 2.75) is 32.6 Å². The van der Waals surface area contributed by atoms with Crippen LogP contribution in [0.1, 0.15) is 41.6 Å². The van der Waals surface area contributed by atoms with Crippen LogP contribution in [-0.2, 0) is 4.79 Å². The van der Waals surface area contributed by atoms with Gasteiger partial charge in [-0.3, -0.25) is 9.59 Å². The maximum Gasteiger partial charge on any atom is 0.303 e. The van der Waals surface area contributed by atoms with E-state index in [1.807, 2.05) is 0 Å². The van der Waals surface area contributed by atoms with Gasteiger partial charge in [-0.2, -0.15) is 0 Å². The first-order valence-electron chi connectivity index (χ1n) is 9.42. The Kier molecular flexibility index (Phi) is 6.07. The molecule has 2 aromatic carbocycles. The quantitative estimate of drug-likeness (QED) is 0.812. The van der Waals surface area contributed by atoms with Gasteiger partial charge in [-0.15, -0.1) is 0 Å². The fourth-order valence-corrected chi connectivity index (χ4v) is 3.79.